The van der Waals surface area contributed by atoms with Gasteiger partial charge in [0.25, 0.3) is 0 Å². The monoisotopic (exact) mass is 166 g/mol. The summed E-state index contributed by atoms with van der Waals surface area (Å²) in [5, 5.41) is 9.33. The molecule has 2 unspecified atom stereocenters. The van der Waals surface area contributed by atoms with Crippen molar-refractivity contribution in [3.63, 3.8) is 0 Å². The van der Waals surface area contributed by atoms with Crippen molar-refractivity contribution < 1.29 is 5.11 Å². The zero-order valence-electron chi connectivity index (χ0n) is 8.17. The van der Waals surface area contributed by atoms with E-state index in [1.54, 1.807) is 0 Å². The molecule has 68 valence electrons. The lowest BCUT2D eigenvalue weighted by atomic mass is 9.88. The molecule has 0 bridgehead atoms. The first kappa shape index (κ1) is 9.53. The maximum absolute atomic E-state index is 9.33. The molecule has 2 atom stereocenters. The van der Waals surface area contributed by atoms with E-state index in [-0.39, 0.29) is 6.10 Å². The molecule has 0 spiro atoms. The van der Waals surface area contributed by atoms with Crippen molar-refractivity contribution in [3.8, 4) is 0 Å². The molecule has 1 rings (SSSR count). The number of rotatable bonds is 1. The number of aliphatic hydroxyl groups excluding tert-OH is 1. The van der Waals surface area contributed by atoms with Crippen molar-refractivity contribution in [2.75, 3.05) is 0 Å². The van der Waals surface area contributed by atoms with Crippen LogP contribution >= 0.6 is 0 Å². The van der Waals surface area contributed by atoms with Gasteiger partial charge in [-0.05, 0) is 39.2 Å². The first-order valence-electron chi connectivity index (χ1n) is 4.64. The molecule has 1 aliphatic carbocycles. The lowest BCUT2D eigenvalue weighted by molar-refractivity contribution is 0.143. The van der Waals surface area contributed by atoms with Crippen molar-refractivity contribution >= 4 is 0 Å². The molecule has 0 fully saturated rings. The summed E-state index contributed by atoms with van der Waals surface area (Å²) in [4.78, 5) is 0. The van der Waals surface area contributed by atoms with Crippen molar-refractivity contribution in [2.45, 2.75) is 39.7 Å². The van der Waals surface area contributed by atoms with Crippen molar-refractivity contribution in [2.24, 2.45) is 5.92 Å². The SMILES string of the molecule is CC(C)=C1C=CC(C(C)O)CC1. The van der Waals surface area contributed by atoms with E-state index in [1.165, 1.54) is 11.1 Å². The van der Waals surface area contributed by atoms with E-state index in [0.29, 0.717) is 5.92 Å². The van der Waals surface area contributed by atoms with Crippen LogP contribution in [0.25, 0.3) is 0 Å². The Balaban J connectivity index is 2.66. The van der Waals surface area contributed by atoms with Crippen LogP contribution < -0.4 is 0 Å². The number of hydrogen-bond acceptors (Lipinski definition) is 1. The van der Waals surface area contributed by atoms with Gasteiger partial charge in [-0.1, -0.05) is 17.7 Å². The standard InChI is InChI=1S/C11H18O/c1-8(2)10-4-6-11(7-5-10)9(3)12/h4,6,9,11-12H,5,7H2,1-3H3. The second-order valence-electron chi connectivity index (χ2n) is 3.83. The summed E-state index contributed by atoms with van der Waals surface area (Å²) in [6.45, 7) is 6.15. The molecule has 0 saturated heterocycles. The fraction of sp³-hybridized carbons (Fsp3) is 0.636. The third-order valence-corrected chi connectivity index (χ3v) is 2.55. The van der Waals surface area contributed by atoms with E-state index in [2.05, 4.69) is 26.0 Å². The van der Waals surface area contributed by atoms with E-state index in [1.807, 2.05) is 6.92 Å². The van der Waals surface area contributed by atoms with Gasteiger partial charge in [0.15, 0.2) is 0 Å². The van der Waals surface area contributed by atoms with Gasteiger partial charge in [-0.2, -0.15) is 0 Å². The van der Waals surface area contributed by atoms with Gasteiger partial charge < -0.3 is 5.11 Å². The second-order valence-corrected chi connectivity index (χ2v) is 3.83. The number of hydrogen-bond donors (Lipinski definition) is 1. The van der Waals surface area contributed by atoms with Gasteiger partial charge in [0.1, 0.15) is 0 Å². The summed E-state index contributed by atoms with van der Waals surface area (Å²) in [6.07, 6.45) is 6.32. The van der Waals surface area contributed by atoms with Crippen molar-refractivity contribution in [1.82, 2.24) is 0 Å². The van der Waals surface area contributed by atoms with Crippen LogP contribution in [0.2, 0.25) is 0 Å². The molecular weight excluding hydrogens is 148 g/mol. The highest BCUT2D eigenvalue weighted by atomic mass is 16.3. The molecule has 0 saturated carbocycles. The third kappa shape index (κ3) is 2.21. The van der Waals surface area contributed by atoms with Gasteiger partial charge in [-0.25, -0.2) is 0 Å². The zero-order valence-corrected chi connectivity index (χ0v) is 8.17. The molecule has 0 amide bonds. The first-order valence-corrected chi connectivity index (χ1v) is 4.64. The largest absolute Gasteiger partial charge is 0.393 e. The first-order chi connectivity index (χ1) is 5.61. The van der Waals surface area contributed by atoms with Crippen LogP contribution in [-0.4, -0.2) is 11.2 Å². The Labute approximate surface area is 74.8 Å². The van der Waals surface area contributed by atoms with Gasteiger partial charge >= 0.3 is 0 Å². The van der Waals surface area contributed by atoms with Crippen LogP contribution in [0.5, 0.6) is 0 Å². The molecular formula is C11H18O. The third-order valence-electron chi connectivity index (χ3n) is 2.55. The molecule has 0 aromatic rings. The summed E-state index contributed by atoms with van der Waals surface area (Å²) in [6, 6.07) is 0. The minimum Gasteiger partial charge on any atom is -0.393 e. The molecule has 1 heteroatoms. The van der Waals surface area contributed by atoms with Crippen LogP contribution in [0, 0.1) is 5.92 Å². The number of aliphatic hydroxyl groups is 1. The highest BCUT2D eigenvalue weighted by Crippen LogP contribution is 2.25. The molecule has 1 aliphatic rings. The van der Waals surface area contributed by atoms with Gasteiger partial charge in [0.2, 0.25) is 0 Å². The quantitative estimate of drug-likeness (QED) is 0.635. The maximum atomic E-state index is 9.33. The molecule has 1 N–H and O–H groups in total. The molecule has 0 aromatic heterocycles. The fourth-order valence-electron chi connectivity index (χ4n) is 1.56. The summed E-state index contributed by atoms with van der Waals surface area (Å²) in [7, 11) is 0. The zero-order chi connectivity index (χ0) is 9.14. The molecule has 0 radical (unpaired) electrons. The van der Waals surface area contributed by atoms with E-state index in [9.17, 15) is 5.11 Å². The van der Waals surface area contributed by atoms with Crippen LogP contribution in [-0.2, 0) is 0 Å². The highest BCUT2D eigenvalue weighted by molar-refractivity contribution is 5.26. The molecule has 0 heterocycles. The lowest BCUT2D eigenvalue weighted by Crippen LogP contribution is -2.16. The Kier molecular flexibility index (Phi) is 3.10. The van der Waals surface area contributed by atoms with Gasteiger partial charge in [0, 0.05) is 5.92 Å². The van der Waals surface area contributed by atoms with E-state index in [4.69, 9.17) is 0 Å². The topological polar surface area (TPSA) is 20.2 Å². The molecule has 0 aliphatic heterocycles. The van der Waals surface area contributed by atoms with Crippen LogP contribution in [0.15, 0.2) is 23.3 Å². The van der Waals surface area contributed by atoms with Crippen LogP contribution in [0.1, 0.15) is 33.6 Å². The Morgan fingerprint density at radius 2 is 2.25 bits per heavy atom. The highest BCUT2D eigenvalue weighted by Gasteiger charge is 2.15. The van der Waals surface area contributed by atoms with E-state index in [0.717, 1.165) is 12.8 Å². The average molecular weight is 166 g/mol. The normalized spacial score (nSPS) is 25.7. The summed E-state index contributed by atoms with van der Waals surface area (Å²) in [5.41, 5.74) is 2.84. The van der Waals surface area contributed by atoms with Gasteiger partial charge in [-0.3, -0.25) is 0 Å². The minimum atomic E-state index is -0.194. The summed E-state index contributed by atoms with van der Waals surface area (Å²) < 4.78 is 0. The minimum absolute atomic E-state index is 0.194. The van der Waals surface area contributed by atoms with Crippen LogP contribution in [0.4, 0.5) is 0 Å². The van der Waals surface area contributed by atoms with E-state index < -0.39 is 0 Å². The smallest absolute Gasteiger partial charge is 0.0574 e. The summed E-state index contributed by atoms with van der Waals surface area (Å²) in [5.74, 6) is 0.369. The Bertz CT molecular complexity index is 207. The fourth-order valence-corrected chi connectivity index (χ4v) is 1.56. The molecule has 12 heavy (non-hydrogen) atoms. The summed E-state index contributed by atoms with van der Waals surface area (Å²) >= 11 is 0. The predicted octanol–water partition coefficient (Wildman–Crippen LogP) is 2.67. The van der Waals surface area contributed by atoms with Crippen molar-refractivity contribution in [1.29, 1.82) is 0 Å². The van der Waals surface area contributed by atoms with E-state index >= 15 is 0 Å². The Morgan fingerprint density at radius 3 is 2.58 bits per heavy atom. The molecule has 0 aromatic carbocycles. The Morgan fingerprint density at radius 1 is 1.58 bits per heavy atom. The Hall–Kier alpha value is -0.560. The predicted molar refractivity (Wildman–Crippen MR) is 51.9 cm³/mol. The maximum Gasteiger partial charge on any atom is 0.0574 e. The average Bonchev–Trinajstić information content (AvgIpc) is 2.04. The molecule has 1 nitrogen and oxygen atoms in total. The van der Waals surface area contributed by atoms with Crippen molar-refractivity contribution in [3.05, 3.63) is 23.3 Å². The lowest BCUT2D eigenvalue weighted by Gasteiger charge is -2.21. The number of allylic oxidation sites excluding steroid dienone is 3. The van der Waals surface area contributed by atoms with Crippen LogP contribution in [0.3, 0.4) is 0 Å². The second kappa shape index (κ2) is 3.90. The van der Waals surface area contributed by atoms with Gasteiger partial charge in [0.05, 0.1) is 6.10 Å². The van der Waals surface area contributed by atoms with Gasteiger partial charge in [-0.15, -0.1) is 0 Å².